The monoisotopic (exact) mass is 872 g/mol. The van der Waals surface area contributed by atoms with Crippen molar-refractivity contribution in [3.05, 3.63) is 97.2 Å². The van der Waals surface area contributed by atoms with E-state index >= 15 is 0 Å². The number of phosphoric acid groups is 1. The number of allylic oxidation sites excluding steroid dienone is 16. The maximum absolute atomic E-state index is 12.1. The lowest BCUT2D eigenvalue weighted by atomic mass is 10.1. The molecule has 0 aliphatic heterocycles. The number of esters is 1. The number of hydrogen-bond acceptors (Lipinski definition) is 7. The minimum absolute atomic E-state index is 0.0684. The molecule has 61 heavy (non-hydrogen) atoms. The number of amides is 1. The molecule has 0 fully saturated rings. The highest BCUT2D eigenvalue weighted by atomic mass is 31.2. The topological polar surface area (TPSA) is 131 Å². The third-order valence-electron chi connectivity index (χ3n) is 9.50. The van der Waals surface area contributed by atoms with Crippen LogP contribution in [0, 0.1) is 0 Å². The van der Waals surface area contributed by atoms with E-state index in [0.717, 1.165) is 77.0 Å². The van der Waals surface area contributed by atoms with Crippen LogP contribution >= 0.6 is 7.82 Å². The predicted molar refractivity (Wildman–Crippen MR) is 256 cm³/mol. The molecule has 3 N–H and O–H groups in total. The molecule has 0 aromatic heterocycles. The summed E-state index contributed by atoms with van der Waals surface area (Å²) in [6, 6.07) is 0. The number of aliphatic hydroxyl groups excluding tert-OH is 1. The SMILES string of the molecule is CC/C=C\C/C=C\C/C=C\C/C=C\C/C=C\C/C=C\CCCCC(=O)OCC(O)COP(=O)(O)OCCNC(=O)CCCCCCCCCCC/C=C\C/C=C\CCCCC. The maximum Gasteiger partial charge on any atom is 0.472 e. The summed E-state index contributed by atoms with van der Waals surface area (Å²) in [7, 11) is -4.44. The van der Waals surface area contributed by atoms with Gasteiger partial charge in [0.25, 0.3) is 0 Å². The molecule has 0 saturated carbocycles. The van der Waals surface area contributed by atoms with Gasteiger partial charge in [0.1, 0.15) is 12.7 Å². The number of phosphoric ester groups is 1. The molecule has 348 valence electrons. The second-order valence-electron chi connectivity index (χ2n) is 15.3. The van der Waals surface area contributed by atoms with E-state index in [-0.39, 0.29) is 32.1 Å². The fourth-order valence-electron chi connectivity index (χ4n) is 5.94. The Morgan fingerprint density at radius 3 is 1.43 bits per heavy atom. The lowest BCUT2D eigenvalue weighted by Gasteiger charge is -2.15. The minimum atomic E-state index is -4.44. The number of carbonyl (C=O) groups excluding carboxylic acids is 2. The molecular weight excluding hydrogens is 786 g/mol. The first-order chi connectivity index (χ1) is 29.8. The van der Waals surface area contributed by atoms with E-state index in [1.807, 2.05) is 0 Å². The maximum atomic E-state index is 12.1. The number of aliphatic hydroxyl groups is 1. The van der Waals surface area contributed by atoms with Crippen LogP contribution in [0.25, 0.3) is 0 Å². The average Bonchev–Trinajstić information content (AvgIpc) is 3.25. The van der Waals surface area contributed by atoms with Crippen molar-refractivity contribution in [2.75, 3.05) is 26.4 Å². The zero-order valence-electron chi connectivity index (χ0n) is 38.3. The van der Waals surface area contributed by atoms with Gasteiger partial charge in [-0.1, -0.05) is 169 Å². The number of ether oxygens (including phenoxy) is 1. The predicted octanol–water partition coefficient (Wildman–Crippen LogP) is 13.8. The van der Waals surface area contributed by atoms with Crippen molar-refractivity contribution < 1.29 is 37.9 Å². The first-order valence-corrected chi connectivity index (χ1v) is 25.2. The van der Waals surface area contributed by atoms with E-state index in [4.69, 9.17) is 13.8 Å². The van der Waals surface area contributed by atoms with Crippen molar-refractivity contribution in [2.24, 2.45) is 0 Å². The van der Waals surface area contributed by atoms with Crippen LogP contribution in [-0.4, -0.2) is 54.3 Å². The summed E-state index contributed by atoms with van der Waals surface area (Å²) in [5.74, 6) is -0.571. The summed E-state index contributed by atoms with van der Waals surface area (Å²) in [5, 5.41) is 12.7. The van der Waals surface area contributed by atoms with Gasteiger partial charge < -0.3 is 20.1 Å². The van der Waals surface area contributed by atoms with Gasteiger partial charge in [0.15, 0.2) is 0 Å². The highest BCUT2D eigenvalue weighted by molar-refractivity contribution is 7.47. The van der Waals surface area contributed by atoms with Crippen LogP contribution in [0.1, 0.15) is 181 Å². The Kier molecular flexibility index (Phi) is 44.1. The van der Waals surface area contributed by atoms with Gasteiger partial charge in [0.2, 0.25) is 5.91 Å². The van der Waals surface area contributed by atoms with Crippen molar-refractivity contribution in [3.8, 4) is 0 Å². The van der Waals surface area contributed by atoms with E-state index in [1.54, 1.807) is 0 Å². The minimum Gasteiger partial charge on any atom is -0.463 e. The average molecular weight is 872 g/mol. The van der Waals surface area contributed by atoms with E-state index in [9.17, 15) is 24.2 Å². The van der Waals surface area contributed by atoms with Gasteiger partial charge in [-0.25, -0.2) is 4.57 Å². The fourth-order valence-corrected chi connectivity index (χ4v) is 6.70. The summed E-state index contributed by atoms with van der Waals surface area (Å²) in [5.41, 5.74) is 0. The molecule has 0 bridgehead atoms. The van der Waals surface area contributed by atoms with Gasteiger partial charge in [-0.15, -0.1) is 0 Å². The molecule has 2 atom stereocenters. The Hall–Kier alpha value is -3.07. The van der Waals surface area contributed by atoms with Crippen molar-refractivity contribution in [1.82, 2.24) is 5.32 Å². The number of hydrogen-bond donors (Lipinski definition) is 3. The smallest absolute Gasteiger partial charge is 0.463 e. The van der Waals surface area contributed by atoms with Crippen LogP contribution in [-0.2, 0) is 27.9 Å². The van der Waals surface area contributed by atoms with Gasteiger partial charge in [0, 0.05) is 19.4 Å². The Morgan fingerprint density at radius 1 is 0.525 bits per heavy atom. The molecule has 1 amide bonds. The standard InChI is InChI=1S/C51H86NO8P/c1-3-5-7-9-11-13-15-17-19-21-23-24-26-28-30-32-34-36-38-40-42-44-51(55)58-47-49(53)48-60-61(56,57)59-46-45-52-50(54)43-41-39-37-35-33-31-29-27-25-22-20-18-16-14-12-10-8-6-4-2/h5,7,11-14,17-20,23-24,28,30,34,36,49,53H,3-4,6,8-10,15-16,21-22,25-27,29,31-33,35,37-48H2,1-2H3,(H,52,54)(H,56,57)/b7-5-,13-11-,14-12-,19-17-,20-18-,24-23-,30-28-,36-34-. The molecule has 2 unspecified atom stereocenters. The summed E-state index contributed by atoms with van der Waals surface area (Å²) in [6.45, 7) is 3.35. The summed E-state index contributed by atoms with van der Waals surface area (Å²) < 4.78 is 26.9. The zero-order chi connectivity index (χ0) is 44.6. The van der Waals surface area contributed by atoms with Crippen molar-refractivity contribution in [3.63, 3.8) is 0 Å². The third kappa shape index (κ3) is 47.8. The second-order valence-corrected chi connectivity index (χ2v) is 16.8. The van der Waals surface area contributed by atoms with Crippen LogP contribution in [0.4, 0.5) is 0 Å². The summed E-state index contributed by atoms with van der Waals surface area (Å²) in [6.07, 6.45) is 60.5. The van der Waals surface area contributed by atoms with E-state index in [2.05, 4.69) is 116 Å². The van der Waals surface area contributed by atoms with Crippen molar-refractivity contribution in [2.45, 2.75) is 187 Å². The molecule has 0 radical (unpaired) electrons. The first-order valence-electron chi connectivity index (χ1n) is 23.7. The van der Waals surface area contributed by atoms with Crippen LogP contribution in [0.3, 0.4) is 0 Å². The highest BCUT2D eigenvalue weighted by Crippen LogP contribution is 2.42. The first kappa shape index (κ1) is 57.9. The molecule has 0 aliphatic rings. The molecule has 0 aromatic carbocycles. The molecule has 0 heterocycles. The number of carbonyl (C=O) groups is 2. The molecule has 0 spiro atoms. The quantitative estimate of drug-likeness (QED) is 0.0239. The normalized spacial score (nSPS) is 14.1. The molecule has 0 aromatic rings. The van der Waals surface area contributed by atoms with Gasteiger partial charge in [-0.05, 0) is 96.3 Å². The van der Waals surface area contributed by atoms with Gasteiger partial charge in [-0.2, -0.15) is 0 Å². The van der Waals surface area contributed by atoms with Gasteiger partial charge in [0.05, 0.1) is 13.2 Å². The largest absolute Gasteiger partial charge is 0.472 e. The van der Waals surface area contributed by atoms with Gasteiger partial charge in [-0.3, -0.25) is 18.6 Å². The lowest BCUT2D eigenvalue weighted by Crippen LogP contribution is -2.27. The van der Waals surface area contributed by atoms with Crippen LogP contribution < -0.4 is 5.32 Å². The highest BCUT2D eigenvalue weighted by Gasteiger charge is 2.23. The Labute approximate surface area is 372 Å². The summed E-state index contributed by atoms with van der Waals surface area (Å²) >= 11 is 0. The van der Waals surface area contributed by atoms with Crippen molar-refractivity contribution >= 4 is 19.7 Å². The molecule has 0 rings (SSSR count). The molecule has 10 heteroatoms. The lowest BCUT2D eigenvalue weighted by molar-refractivity contribution is -0.147. The number of nitrogens with one attached hydrogen (secondary N) is 1. The van der Waals surface area contributed by atoms with E-state index < -0.39 is 26.5 Å². The number of unbranched alkanes of at least 4 members (excludes halogenated alkanes) is 14. The Morgan fingerprint density at radius 2 is 0.934 bits per heavy atom. The molecule has 9 nitrogen and oxygen atoms in total. The van der Waals surface area contributed by atoms with E-state index in [0.29, 0.717) is 12.8 Å². The Bertz CT molecular complexity index is 1320. The van der Waals surface area contributed by atoms with Gasteiger partial charge >= 0.3 is 13.8 Å². The Balaban J connectivity index is 3.68. The van der Waals surface area contributed by atoms with Crippen LogP contribution in [0.5, 0.6) is 0 Å². The zero-order valence-corrected chi connectivity index (χ0v) is 39.2. The van der Waals surface area contributed by atoms with E-state index in [1.165, 1.54) is 70.6 Å². The molecule has 0 aliphatic carbocycles. The van der Waals surface area contributed by atoms with Crippen LogP contribution in [0.15, 0.2) is 97.2 Å². The summed E-state index contributed by atoms with van der Waals surface area (Å²) in [4.78, 5) is 34.0. The van der Waals surface area contributed by atoms with Crippen molar-refractivity contribution in [1.29, 1.82) is 0 Å². The number of rotatable bonds is 43. The fraction of sp³-hybridized carbons (Fsp3) is 0.647. The second kappa shape index (κ2) is 46.4. The molecule has 0 saturated heterocycles. The van der Waals surface area contributed by atoms with Crippen LogP contribution in [0.2, 0.25) is 0 Å². The molecular formula is C51H86NO8P. The third-order valence-corrected chi connectivity index (χ3v) is 10.5.